The second-order valence-corrected chi connectivity index (χ2v) is 14.5. The van der Waals surface area contributed by atoms with Crippen molar-refractivity contribution in [1.29, 1.82) is 0 Å². The molecule has 0 bridgehead atoms. The van der Waals surface area contributed by atoms with Gasteiger partial charge in [-0.05, 0) is 18.2 Å². The van der Waals surface area contributed by atoms with Crippen LogP contribution in [-0.2, 0) is 12.7 Å². The molecule has 352 valence electrons. The number of fused-ring (bicyclic) bond motifs is 1. The van der Waals surface area contributed by atoms with Gasteiger partial charge in [0, 0.05) is 11.6 Å². The fourth-order valence-electron chi connectivity index (χ4n) is 7.06. The van der Waals surface area contributed by atoms with E-state index in [9.17, 15) is 70.7 Å². The molecule has 7 aromatic rings. The van der Waals surface area contributed by atoms with E-state index in [1.54, 1.807) is 4.57 Å². The Labute approximate surface area is 359 Å². The molecule has 67 heavy (non-hydrogen) atoms. The second kappa shape index (κ2) is 17.9. The van der Waals surface area contributed by atoms with E-state index >= 15 is 35.1 Å². The van der Waals surface area contributed by atoms with Crippen molar-refractivity contribution in [3.8, 4) is 0 Å². The highest BCUT2D eigenvalue weighted by molar-refractivity contribution is 7.20. The van der Waals surface area contributed by atoms with Crippen molar-refractivity contribution < 1.29 is 110 Å². The number of ketones is 1. The number of hydrogen-bond acceptors (Lipinski definition) is 2. The van der Waals surface area contributed by atoms with Crippen LogP contribution in [0.15, 0.2) is 54.0 Å². The van der Waals surface area contributed by atoms with E-state index in [0.717, 1.165) is 22.3 Å². The van der Waals surface area contributed by atoms with Gasteiger partial charge in [0.15, 0.2) is 69.8 Å². The number of nitrogens with zero attached hydrogens (tertiary/aromatic N) is 1. The molecular weight excluding hydrogens is 990 g/mol. The Hall–Kier alpha value is -6.67. The summed E-state index contributed by atoms with van der Waals surface area (Å²) in [5.41, 5.74) is -12.0. The third-order valence-electron chi connectivity index (χ3n) is 10.0. The van der Waals surface area contributed by atoms with Crippen molar-refractivity contribution in [2.24, 2.45) is 0 Å². The van der Waals surface area contributed by atoms with E-state index in [4.69, 9.17) is 0 Å². The van der Waals surface area contributed by atoms with Crippen LogP contribution in [0.1, 0.15) is 15.9 Å². The summed E-state index contributed by atoms with van der Waals surface area (Å²) in [7, 11) is 0. The summed E-state index contributed by atoms with van der Waals surface area (Å²) in [5, 5.41) is 0. The molecule has 0 amide bonds. The van der Waals surface area contributed by atoms with Crippen molar-refractivity contribution in [1.82, 2.24) is 0 Å². The zero-order valence-electron chi connectivity index (χ0n) is 31.4. The topological polar surface area (TPSA) is 20.9 Å². The predicted molar refractivity (Wildman–Crippen MR) is 187 cm³/mol. The molecule has 0 N–H and O–H groups in total. The summed E-state index contributed by atoms with van der Waals surface area (Å²) in [4.78, 5) is 12.2. The third-order valence-corrected chi connectivity index (χ3v) is 11.0. The van der Waals surface area contributed by atoms with Crippen molar-refractivity contribution in [2.45, 2.75) is 12.7 Å². The highest BCUT2D eigenvalue weighted by Crippen LogP contribution is 2.32. The van der Waals surface area contributed by atoms with Crippen LogP contribution < -0.4 is 26.4 Å². The van der Waals surface area contributed by atoms with Gasteiger partial charge in [0.2, 0.25) is 23.4 Å². The molecule has 7 rings (SSSR count). The lowest BCUT2D eigenvalue weighted by molar-refractivity contribution is -0.652. The zero-order valence-corrected chi connectivity index (χ0v) is 32.3. The maximum Gasteiger partial charge on any atom is 0.416 e. The van der Waals surface area contributed by atoms with Crippen molar-refractivity contribution in [3.05, 3.63) is 182 Å². The number of thiazole rings is 1. The van der Waals surface area contributed by atoms with Crippen LogP contribution in [0.25, 0.3) is 10.2 Å². The molecular formula is C40H11BF23NOS. The third kappa shape index (κ3) is 7.88. The smallest absolute Gasteiger partial charge is 0.287 e. The van der Waals surface area contributed by atoms with Crippen molar-refractivity contribution in [2.75, 3.05) is 0 Å². The first kappa shape index (κ1) is 49.8. The minimum absolute atomic E-state index is 0.107. The number of para-hydroxylation sites is 1. The standard InChI is InChI=1S/C24BF20.C16H11F3NOS/c26-5-1(6(27)14(35)21(42)13(5)34)25(2-7(28)15(36)22(43)16(37)8(2)29,3-9(30)17(38)23(44)18(39)10(3)31)4-11(32)19(40)24(45)20(41)12(4)33;17-16(18,19)12-7-5-11(6-8-12)14(21)9-20-10-22-15-4-2-1-3-13(15)20/h;1-8,10H,9H2/q-1;+1. The van der Waals surface area contributed by atoms with Gasteiger partial charge >= 0.3 is 6.18 Å². The Morgan fingerprint density at radius 1 is 0.418 bits per heavy atom. The summed E-state index contributed by atoms with van der Waals surface area (Å²) in [6, 6.07) is 12.0. The average Bonchev–Trinajstić information content (AvgIpc) is 3.71. The van der Waals surface area contributed by atoms with Crippen LogP contribution in [0, 0.1) is 116 Å². The number of aromatic nitrogens is 1. The molecule has 0 aliphatic heterocycles. The lowest BCUT2D eigenvalue weighted by Crippen LogP contribution is -2.81. The monoisotopic (exact) mass is 1000 g/mol. The van der Waals surface area contributed by atoms with Gasteiger partial charge in [0.1, 0.15) is 57.4 Å². The van der Waals surface area contributed by atoms with E-state index in [0.29, 0.717) is 0 Å². The summed E-state index contributed by atoms with van der Waals surface area (Å²) >= 11 is 1.52. The van der Waals surface area contributed by atoms with Crippen LogP contribution in [0.5, 0.6) is 0 Å². The van der Waals surface area contributed by atoms with E-state index in [1.165, 1.54) is 23.5 Å². The fraction of sp³-hybridized carbons (Fsp3) is 0.0500. The largest absolute Gasteiger partial charge is 0.416 e. The molecule has 0 aliphatic carbocycles. The Morgan fingerprint density at radius 3 is 1.00 bits per heavy atom. The summed E-state index contributed by atoms with van der Waals surface area (Å²) in [6.07, 6.45) is -11.6. The number of carbonyl (C=O) groups is 1. The maximum atomic E-state index is 15.4. The first-order valence-corrected chi connectivity index (χ1v) is 18.3. The van der Waals surface area contributed by atoms with Crippen LogP contribution in [0.3, 0.4) is 0 Å². The zero-order chi connectivity index (χ0) is 50.1. The Morgan fingerprint density at radius 2 is 0.701 bits per heavy atom. The lowest BCUT2D eigenvalue weighted by Gasteiger charge is -2.44. The molecule has 0 saturated heterocycles. The highest BCUT2D eigenvalue weighted by atomic mass is 32.1. The molecule has 0 aliphatic rings. The summed E-state index contributed by atoms with van der Waals surface area (Å²) in [6.45, 7) is 0.107. The van der Waals surface area contributed by atoms with Gasteiger partial charge in [-0.1, -0.05) is 35.6 Å². The van der Waals surface area contributed by atoms with Crippen LogP contribution in [0.4, 0.5) is 101 Å². The maximum absolute atomic E-state index is 15.4. The fourth-order valence-corrected chi connectivity index (χ4v) is 7.95. The summed E-state index contributed by atoms with van der Waals surface area (Å²) in [5.74, 6) is -71.6. The van der Waals surface area contributed by atoms with Gasteiger partial charge in [-0.25, -0.2) is 87.8 Å². The molecule has 2 nitrogen and oxygen atoms in total. The Kier molecular flexibility index (Phi) is 13.3. The van der Waals surface area contributed by atoms with E-state index in [2.05, 4.69) is 0 Å². The van der Waals surface area contributed by atoms with Crippen molar-refractivity contribution in [3.63, 3.8) is 0 Å². The van der Waals surface area contributed by atoms with Crippen LogP contribution >= 0.6 is 11.3 Å². The molecule has 0 fully saturated rings. The number of alkyl halides is 3. The Bertz CT molecular complexity index is 2790. The molecule has 1 heterocycles. The van der Waals surface area contributed by atoms with Crippen LogP contribution in [-0.4, -0.2) is 11.9 Å². The van der Waals surface area contributed by atoms with Crippen molar-refractivity contribution >= 4 is 55.3 Å². The SMILES string of the molecule is Fc1c(F)c(F)c([B-](c2c(F)c(F)c(F)c(F)c2F)(c2c(F)c(F)c(F)c(F)c2F)c2c(F)c(F)c(F)c(F)c2F)c(F)c1F.O=C(C[n+]1csc2ccccc21)c1ccc(C(F)(F)F)cc1. The van der Waals surface area contributed by atoms with Gasteiger partial charge in [-0.15, -0.1) is 21.9 Å². The quantitative estimate of drug-likeness (QED) is 0.0390. The normalized spacial score (nSPS) is 11.9. The minimum atomic E-state index is -7.22. The van der Waals surface area contributed by atoms with Gasteiger partial charge in [0.25, 0.3) is 0 Å². The molecule has 0 radical (unpaired) electrons. The van der Waals surface area contributed by atoms with Gasteiger partial charge < -0.3 is 0 Å². The molecule has 0 spiro atoms. The van der Waals surface area contributed by atoms with E-state index < -0.39 is 156 Å². The first-order chi connectivity index (χ1) is 31.2. The number of Topliss-reactive ketones (excluding diaryl/α,β-unsaturated/α-hetero) is 1. The molecule has 0 unspecified atom stereocenters. The summed E-state index contributed by atoms with van der Waals surface area (Å²) < 4.78 is 334. The number of halogens is 23. The van der Waals surface area contributed by atoms with Gasteiger partial charge in [-0.2, -0.15) is 17.7 Å². The van der Waals surface area contributed by atoms with Gasteiger partial charge in [-0.3, -0.25) is 4.79 Å². The van der Waals surface area contributed by atoms with E-state index in [1.807, 2.05) is 29.8 Å². The molecule has 0 atom stereocenters. The van der Waals surface area contributed by atoms with Crippen LogP contribution in [0.2, 0.25) is 0 Å². The number of rotatable bonds is 7. The number of hydrogen-bond donors (Lipinski definition) is 0. The lowest BCUT2D eigenvalue weighted by atomic mass is 9.12. The molecule has 6 aromatic carbocycles. The van der Waals surface area contributed by atoms with E-state index in [-0.39, 0.29) is 17.9 Å². The highest BCUT2D eigenvalue weighted by Gasteiger charge is 2.52. The molecule has 0 saturated carbocycles. The first-order valence-electron chi connectivity index (χ1n) is 17.4. The molecule has 1 aromatic heterocycles. The predicted octanol–water partition coefficient (Wildman–Crippen LogP) is 9.94. The minimum Gasteiger partial charge on any atom is -0.287 e. The average molecular weight is 1000 g/mol. The number of carbonyl (C=O) groups excluding carboxylic acids is 1. The second-order valence-electron chi connectivity index (χ2n) is 13.6. The van der Waals surface area contributed by atoms with Gasteiger partial charge in [0.05, 0.1) is 5.56 Å². The Balaban J connectivity index is 0.000000279. The molecule has 27 heteroatoms. The number of benzene rings is 6.